The van der Waals surface area contributed by atoms with E-state index in [1.54, 1.807) is 25.3 Å². The van der Waals surface area contributed by atoms with E-state index in [0.29, 0.717) is 24.8 Å². The van der Waals surface area contributed by atoms with Gasteiger partial charge in [-0.3, -0.25) is 14.3 Å². The molecular weight excluding hydrogens is 450 g/mol. The largest absolute Gasteiger partial charge is 0.497 e. The second-order valence-electron chi connectivity index (χ2n) is 7.83. The molecule has 0 radical (unpaired) electrons. The number of hydrogen-bond acceptors (Lipinski definition) is 8. The van der Waals surface area contributed by atoms with Crippen molar-refractivity contribution in [2.45, 2.75) is 13.1 Å². The quantitative estimate of drug-likeness (QED) is 0.356. The van der Waals surface area contributed by atoms with Crippen LogP contribution < -0.4 is 26.6 Å². The third-order valence-electron chi connectivity index (χ3n) is 5.53. The number of hydrogen-bond donors (Lipinski definition) is 2. The predicted molar refractivity (Wildman–Crippen MR) is 133 cm³/mol. The van der Waals surface area contributed by atoms with Gasteiger partial charge in [-0.25, -0.2) is 9.78 Å². The van der Waals surface area contributed by atoms with Crippen molar-refractivity contribution in [2.24, 2.45) is 0 Å². The van der Waals surface area contributed by atoms with E-state index in [2.05, 4.69) is 9.97 Å². The third kappa shape index (κ3) is 5.44. The molecule has 4 aromatic rings. The molecule has 0 atom stereocenters. The summed E-state index contributed by atoms with van der Waals surface area (Å²) in [5.41, 5.74) is 7.08. The molecule has 2 heterocycles. The highest BCUT2D eigenvalue weighted by Crippen LogP contribution is 2.25. The fourth-order valence-corrected chi connectivity index (χ4v) is 3.71. The Bertz CT molecular complexity index is 1380. The van der Waals surface area contributed by atoms with E-state index in [1.807, 2.05) is 54.6 Å². The number of ether oxygens (including phenoxy) is 2. The Hall–Kier alpha value is -4.31. The lowest BCUT2D eigenvalue weighted by Crippen LogP contribution is -2.39. The van der Waals surface area contributed by atoms with E-state index in [0.717, 1.165) is 16.9 Å². The topological polar surface area (TPSA) is 129 Å². The Labute approximate surface area is 201 Å². The van der Waals surface area contributed by atoms with Gasteiger partial charge >= 0.3 is 5.69 Å². The maximum Gasteiger partial charge on any atom is 0.330 e. The van der Waals surface area contributed by atoms with Gasteiger partial charge in [0.25, 0.3) is 5.56 Å². The zero-order valence-corrected chi connectivity index (χ0v) is 19.6. The summed E-state index contributed by atoms with van der Waals surface area (Å²) in [6.07, 6.45) is 1.62. The van der Waals surface area contributed by atoms with Crippen LogP contribution in [-0.4, -0.2) is 41.9 Å². The first-order valence-electron chi connectivity index (χ1n) is 11.0. The number of nitrogen functional groups attached to an aromatic ring is 1. The van der Waals surface area contributed by atoms with Gasteiger partial charge in [-0.05, 0) is 29.8 Å². The Morgan fingerprint density at radius 2 is 1.83 bits per heavy atom. The van der Waals surface area contributed by atoms with E-state index >= 15 is 0 Å². The number of aromatic amines is 1. The van der Waals surface area contributed by atoms with Gasteiger partial charge in [0.05, 0.1) is 33.0 Å². The van der Waals surface area contributed by atoms with E-state index in [1.165, 1.54) is 4.57 Å². The van der Waals surface area contributed by atoms with Crippen LogP contribution in [0.2, 0.25) is 0 Å². The summed E-state index contributed by atoms with van der Waals surface area (Å²) in [5, 5.41) is 0. The van der Waals surface area contributed by atoms with Crippen molar-refractivity contribution in [3.63, 3.8) is 0 Å². The van der Waals surface area contributed by atoms with Gasteiger partial charge < -0.3 is 24.5 Å². The van der Waals surface area contributed by atoms with Crippen molar-refractivity contribution in [1.82, 2.24) is 14.5 Å². The number of nitrogens with zero attached hydrogens (tertiary/aromatic N) is 3. The maximum absolute atomic E-state index is 12.9. The summed E-state index contributed by atoms with van der Waals surface area (Å²) in [7, 11) is 3.17. The smallest absolute Gasteiger partial charge is 0.330 e. The molecule has 0 aliphatic rings. The van der Waals surface area contributed by atoms with Crippen molar-refractivity contribution in [3.8, 4) is 17.1 Å². The number of nitrogens with one attached hydrogen (secondary N) is 1. The molecule has 4 rings (SSSR count). The maximum atomic E-state index is 12.9. The Morgan fingerprint density at radius 3 is 2.51 bits per heavy atom. The first-order chi connectivity index (χ1) is 17.0. The zero-order chi connectivity index (χ0) is 24.8. The lowest BCUT2D eigenvalue weighted by atomic mass is 10.2. The number of benzene rings is 2. The summed E-state index contributed by atoms with van der Waals surface area (Å²) in [6, 6.07) is 16.8. The van der Waals surface area contributed by atoms with Gasteiger partial charge in [0.1, 0.15) is 17.3 Å². The molecule has 0 saturated carbocycles. The van der Waals surface area contributed by atoms with Gasteiger partial charge in [0.15, 0.2) is 5.76 Å². The highest BCUT2D eigenvalue weighted by molar-refractivity contribution is 5.63. The number of anilines is 2. The summed E-state index contributed by atoms with van der Waals surface area (Å²) in [6.45, 7) is 1.01. The number of aromatic nitrogens is 3. The Kier molecular flexibility index (Phi) is 7.32. The molecule has 0 amide bonds. The molecule has 0 spiro atoms. The summed E-state index contributed by atoms with van der Waals surface area (Å²) < 4.78 is 17.7. The molecule has 3 N–H and O–H groups in total. The second-order valence-corrected chi connectivity index (χ2v) is 7.83. The molecule has 0 unspecified atom stereocenters. The summed E-state index contributed by atoms with van der Waals surface area (Å²) in [4.78, 5) is 33.9. The molecule has 35 heavy (non-hydrogen) atoms. The van der Waals surface area contributed by atoms with Crippen LogP contribution in [0.5, 0.6) is 5.75 Å². The van der Waals surface area contributed by atoms with Crippen molar-refractivity contribution >= 4 is 11.5 Å². The molecule has 0 bridgehead atoms. The SMILES string of the molecule is COCCN(Cc1ncc(-c2ccc(OC)cc2)o1)c1c(N)n(Cc2ccccc2)c(=O)[nH]c1=O. The standard InChI is InChI=1S/C25H27N5O5/c1-33-13-12-29(16-21-27-14-20(35-21)18-8-10-19(34-2)11-9-18)22-23(26)30(25(32)28-24(22)31)15-17-6-4-3-5-7-17/h3-11,14H,12-13,15-16,26H2,1-2H3,(H,28,31,32). The van der Waals surface area contributed by atoms with Crippen LogP contribution in [0.1, 0.15) is 11.5 Å². The Balaban J connectivity index is 1.66. The molecule has 2 aromatic heterocycles. The molecular formula is C25H27N5O5. The number of methoxy groups -OCH3 is 2. The first kappa shape index (κ1) is 23.8. The molecule has 0 fully saturated rings. The van der Waals surface area contributed by atoms with E-state index < -0.39 is 11.2 Å². The van der Waals surface area contributed by atoms with Crippen LogP contribution in [0.4, 0.5) is 11.5 Å². The number of H-pyrrole nitrogens is 1. The van der Waals surface area contributed by atoms with E-state index in [9.17, 15) is 9.59 Å². The minimum Gasteiger partial charge on any atom is -0.497 e. The normalized spacial score (nSPS) is 10.9. The van der Waals surface area contributed by atoms with Gasteiger partial charge in [-0.1, -0.05) is 30.3 Å². The van der Waals surface area contributed by atoms with Crippen LogP contribution in [0.3, 0.4) is 0 Å². The second kappa shape index (κ2) is 10.7. The first-order valence-corrected chi connectivity index (χ1v) is 11.0. The molecule has 10 nitrogen and oxygen atoms in total. The molecule has 182 valence electrons. The van der Waals surface area contributed by atoms with Crippen molar-refractivity contribution in [2.75, 3.05) is 38.0 Å². The summed E-state index contributed by atoms with van der Waals surface area (Å²) >= 11 is 0. The van der Waals surface area contributed by atoms with E-state index in [-0.39, 0.29) is 24.6 Å². The minimum absolute atomic E-state index is 0.0561. The number of rotatable bonds is 10. The molecule has 0 aliphatic carbocycles. The average molecular weight is 478 g/mol. The summed E-state index contributed by atoms with van der Waals surface area (Å²) in [5.74, 6) is 1.75. The van der Waals surface area contributed by atoms with Gasteiger partial charge in [0.2, 0.25) is 5.89 Å². The van der Waals surface area contributed by atoms with Crippen LogP contribution in [0.15, 0.2) is 74.8 Å². The van der Waals surface area contributed by atoms with Crippen LogP contribution in [0.25, 0.3) is 11.3 Å². The van der Waals surface area contributed by atoms with E-state index in [4.69, 9.17) is 19.6 Å². The highest BCUT2D eigenvalue weighted by Gasteiger charge is 2.21. The average Bonchev–Trinajstić information content (AvgIpc) is 3.34. The van der Waals surface area contributed by atoms with Crippen LogP contribution in [0, 0.1) is 0 Å². The van der Waals surface area contributed by atoms with Crippen molar-refractivity contribution < 1.29 is 13.9 Å². The van der Waals surface area contributed by atoms with Gasteiger partial charge in [0, 0.05) is 19.2 Å². The number of oxazole rings is 1. The zero-order valence-electron chi connectivity index (χ0n) is 19.6. The monoisotopic (exact) mass is 477 g/mol. The molecule has 0 aliphatic heterocycles. The number of nitrogens with two attached hydrogens (primary N) is 1. The van der Waals surface area contributed by atoms with Crippen LogP contribution >= 0.6 is 0 Å². The molecule has 2 aromatic carbocycles. The van der Waals surface area contributed by atoms with Gasteiger partial charge in [-0.15, -0.1) is 0 Å². The lowest BCUT2D eigenvalue weighted by Gasteiger charge is -2.24. The fraction of sp³-hybridized carbons (Fsp3) is 0.240. The van der Waals surface area contributed by atoms with Crippen LogP contribution in [-0.2, 0) is 17.8 Å². The third-order valence-corrected chi connectivity index (χ3v) is 5.53. The fourth-order valence-electron chi connectivity index (χ4n) is 3.71. The van der Waals surface area contributed by atoms with Crippen molar-refractivity contribution in [1.29, 1.82) is 0 Å². The van der Waals surface area contributed by atoms with Gasteiger partial charge in [-0.2, -0.15) is 0 Å². The highest BCUT2D eigenvalue weighted by atomic mass is 16.5. The molecule has 10 heteroatoms. The van der Waals surface area contributed by atoms with Crippen molar-refractivity contribution in [3.05, 3.63) is 93.1 Å². The minimum atomic E-state index is -0.588. The Morgan fingerprint density at radius 1 is 1.09 bits per heavy atom. The predicted octanol–water partition coefficient (Wildman–Crippen LogP) is 2.48. The molecule has 0 saturated heterocycles. The lowest BCUT2D eigenvalue weighted by molar-refractivity contribution is 0.204.